The molecule has 1 saturated heterocycles. The molecule has 174 valence electrons. The fourth-order valence-corrected chi connectivity index (χ4v) is 5.45. The Morgan fingerprint density at radius 1 is 1.00 bits per heavy atom. The summed E-state index contributed by atoms with van der Waals surface area (Å²) in [5.74, 6) is 0.590. The number of sulfonamides is 1. The van der Waals surface area contributed by atoms with Gasteiger partial charge in [0, 0.05) is 18.7 Å². The molecule has 1 aliphatic rings. The minimum atomic E-state index is -3.31. The predicted octanol–water partition coefficient (Wildman–Crippen LogP) is 4.11. The van der Waals surface area contributed by atoms with Crippen molar-refractivity contribution in [1.82, 2.24) is 9.62 Å². The third-order valence-electron chi connectivity index (χ3n) is 5.61. The number of rotatable bonds is 8. The van der Waals surface area contributed by atoms with Crippen LogP contribution in [-0.2, 0) is 21.2 Å². The second-order valence-electron chi connectivity index (χ2n) is 9.26. The molecule has 1 amide bonds. The van der Waals surface area contributed by atoms with Gasteiger partial charge in [-0.05, 0) is 47.6 Å². The van der Waals surface area contributed by atoms with Gasteiger partial charge in [-0.15, -0.1) is 0 Å². The van der Waals surface area contributed by atoms with Gasteiger partial charge >= 0.3 is 0 Å². The molecule has 32 heavy (non-hydrogen) atoms. The van der Waals surface area contributed by atoms with Crippen LogP contribution >= 0.6 is 0 Å². The molecule has 0 radical (unpaired) electrons. The topological polar surface area (TPSA) is 75.7 Å². The first-order valence-electron chi connectivity index (χ1n) is 11.2. The van der Waals surface area contributed by atoms with E-state index >= 15 is 0 Å². The van der Waals surface area contributed by atoms with Crippen molar-refractivity contribution in [1.29, 1.82) is 0 Å². The second-order valence-corrected chi connectivity index (χ2v) is 11.2. The Labute approximate surface area is 192 Å². The largest absolute Gasteiger partial charge is 0.491 e. The SMILES string of the molecule is CC(C)(C)c1ccccc1OCCNC(=O)c1ccc(CS(=O)(=O)N2CCCCC2)cc1. The number of ether oxygens (including phenoxy) is 1. The number of carbonyl (C=O) groups excluding carboxylic acids is 1. The molecule has 0 atom stereocenters. The highest BCUT2D eigenvalue weighted by Gasteiger charge is 2.24. The molecule has 0 aromatic heterocycles. The van der Waals surface area contributed by atoms with E-state index < -0.39 is 10.0 Å². The van der Waals surface area contributed by atoms with Crippen LogP contribution in [0.2, 0.25) is 0 Å². The number of carbonyl (C=O) groups is 1. The lowest BCUT2D eigenvalue weighted by atomic mass is 9.86. The quantitative estimate of drug-likeness (QED) is 0.604. The van der Waals surface area contributed by atoms with Crippen LogP contribution in [0.3, 0.4) is 0 Å². The molecular weight excluding hydrogens is 424 g/mol. The van der Waals surface area contributed by atoms with Crippen LogP contribution in [0.5, 0.6) is 5.75 Å². The molecule has 1 fully saturated rings. The maximum atomic E-state index is 12.6. The van der Waals surface area contributed by atoms with Crippen molar-refractivity contribution in [2.45, 2.75) is 51.2 Å². The third-order valence-corrected chi connectivity index (χ3v) is 7.46. The lowest BCUT2D eigenvalue weighted by molar-refractivity contribution is 0.0947. The number of hydrogen-bond donors (Lipinski definition) is 1. The van der Waals surface area contributed by atoms with Gasteiger partial charge in [-0.1, -0.05) is 57.5 Å². The second kappa shape index (κ2) is 10.5. The molecule has 2 aromatic rings. The van der Waals surface area contributed by atoms with Gasteiger partial charge in [-0.3, -0.25) is 4.79 Å². The summed E-state index contributed by atoms with van der Waals surface area (Å²) in [6, 6.07) is 14.7. The Hall–Kier alpha value is -2.38. The summed E-state index contributed by atoms with van der Waals surface area (Å²) in [6.07, 6.45) is 2.93. The van der Waals surface area contributed by atoms with E-state index in [0.29, 0.717) is 37.4 Å². The number of hydrogen-bond acceptors (Lipinski definition) is 4. The maximum Gasteiger partial charge on any atom is 0.251 e. The molecule has 0 aliphatic carbocycles. The Kier molecular flexibility index (Phi) is 7.96. The van der Waals surface area contributed by atoms with Gasteiger partial charge in [0.25, 0.3) is 5.91 Å². The first-order chi connectivity index (χ1) is 15.2. The minimum absolute atomic E-state index is 0.0247. The normalized spacial score (nSPS) is 15.3. The van der Waals surface area contributed by atoms with E-state index in [4.69, 9.17) is 4.74 Å². The van der Waals surface area contributed by atoms with E-state index in [2.05, 4.69) is 32.2 Å². The zero-order valence-corrected chi connectivity index (χ0v) is 20.1. The highest BCUT2D eigenvalue weighted by Crippen LogP contribution is 2.30. The zero-order chi connectivity index (χ0) is 23.2. The molecule has 0 saturated carbocycles. The standard InChI is InChI=1S/C25H34N2O4S/c1-25(2,3)22-9-5-6-10-23(22)31-18-15-26-24(28)21-13-11-20(12-14-21)19-32(29,30)27-16-7-4-8-17-27/h5-6,9-14H,4,7-8,15-19H2,1-3H3,(H,26,28). The molecule has 2 aromatic carbocycles. The monoisotopic (exact) mass is 458 g/mol. The summed E-state index contributed by atoms with van der Waals surface area (Å²) in [7, 11) is -3.31. The Morgan fingerprint density at radius 2 is 1.66 bits per heavy atom. The first kappa shape index (κ1) is 24.3. The van der Waals surface area contributed by atoms with Crippen molar-refractivity contribution in [2.75, 3.05) is 26.2 Å². The summed E-state index contributed by atoms with van der Waals surface area (Å²) in [5.41, 5.74) is 2.29. The summed E-state index contributed by atoms with van der Waals surface area (Å²) in [4.78, 5) is 12.4. The van der Waals surface area contributed by atoms with E-state index in [1.807, 2.05) is 18.2 Å². The Bertz CT molecular complexity index is 1000. The lowest BCUT2D eigenvalue weighted by Gasteiger charge is -2.25. The van der Waals surface area contributed by atoms with E-state index in [1.165, 1.54) is 0 Å². The molecule has 1 aliphatic heterocycles. The average molecular weight is 459 g/mol. The third kappa shape index (κ3) is 6.56. The minimum Gasteiger partial charge on any atom is -0.491 e. The van der Waals surface area contributed by atoms with Gasteiger partial charge in [-0.2, -0.15) is 0 Å². The van der Waals surface area contributed by atoms with E-state index in [0.717, 1.165) is 30.6 Å². The van der Waals surface area contributed by atoms with Crippen LogP contribution in [0.25, 0.3) is 0 Å². The molecule has 1 N–H and O–H groups in total. The summed E-state index contributed by atoms with van der Waals surface area (Å²) >= 11 is 0. The molecule has 1 heterocycles. The number of benzene rings is 2. The first-order valence-corrected chi connectivity index (χ1v) is 12.8. The summed E-state index contributed by atoms with van der Waals surface area (Å²) < 4.78 is 32.6. The molecule has 0 spiro atoms. The van der Waals surface area contributed by atoms with Gasteiger partial charge in [0.05, 0.1) is 12.3 Å². The zero-order valence-electron chi connectivity index (χ0n) is 19.3. The number of nitrogens with zero attached hydrogens (tertiary/aromatic N) is 1. The number of piperidine rings is 1. The van der Waals surface area contributed by atoms with Gasteiger partial charge in [0.1, 0.15) is 12.4 Å². The van der Waals surface area contributed by atoms with Crippen molar-refractivity contribution in [3.8, 4) is 5.75 Å². The Morgan fingerprint density at radius 3 is 2.31 bits per heavy atom. The van der Waals surface area contributed by atoms with Gasteiger partial charge in [0.15, 0.2) is 0 Å². The fourth-order valence-electron chi connectivity index (χ4n) is 3.84. The van der Waals surface area contributed by atoms with Crippen LogP contribution in [0.4, 0.5) is 0 Å². The molecule has 3 rings (SSSR count). The van der Waals surface area contributed by atoms with E-state index in [9.17, 15) is 13.2 Å². The van der Waals surface area contributed by atoms with Crippen molar-refractivity contribution < 1.29 is 17.9 Å². The molecular formula is C25H34N2O4S. The van der Waals surface area contributed by atoms with E-state index in [1.54, 1.807) is 28.6 Å². The molecule has 7 heteroatoms. The highest BCUT2D eigenvalue weighted by atomic mass is 32.2. The lowest BCUT2D eigenvalue weighted by Crippen LogP contribution is -2.36. The summed E-state index contributed by atoms with van der Waals surface area (Å²) in [5, 5.41) is 2.86. The van der Waals surface area contributed by atoms with Crippen LogP contribution in [0, 0.1) is 0 Å². The highest BCUT2D eigenvalue weighted by molar-refractivity contribution is 7.88. The molecule has 0 unspecified atom stereocenters. The van der Waals surface area contributed by atoms with Crippen molar-refractivity contribution in [3.63, 3.8) is 0 Å². The average Bonchev–Trinajstić information content (AvgIpc) is 2.77. The van der Waals surface area contributed by atoms with Crippen molar-refractivity contribution >= 4 is 15.9 Å². The smallest absolute Gasteiger partial charge is 0.251 e. The summed E-state index contributed by atoms with van der Waals surface area (Å²) in [6.45, 7) is 8.36. The van der Waals surface area contributed by atoms with E-state index in [-0.39, 0.29) is 17.1 Å². The maximum absolute atomic E-state index is 12.6. The van der Waals surface area contributed by atoms with Crippen molar-refractivity contribution in [3.05, 3.63) is 65.2 Å². The predicted molar refractivity (Wildman–Crippen MR) is 127 cm³/mol. The molecule has 6 nitrogen and oxygen atoms in total. The van der Waals surface area contributed by atoms with Crippen LogP contribution in [0.1, 0.15) is 61.5 Å². The Balaban J connectivity index is 1.49. The number of para-hydroxylation sites is 1. The number of amides is 1. The van der Waals surface area contributed by atoms with Crippen LogP contribution in [0.15, 0.2) is 48.5 Å². The van der Waals surface area contributed by atoms with Crippen molar-refractivity contribution in [2.24, 2.45) is 0 Å². The molecule has 0 bridgehead atoms. The van der Waals surface area contributed by atoms with Gasteiger partial charge in [0.2, 0.25) is 10.0 Å². The van der Waals surface area contributed by atoms with Crippen LogP contribution in [-0.4, -0.2) is 44.9 Å². The fraction of sp³-hybridized carbons (Fsp3) is 0.480. The van der Waals surface area contributed by atoms with Crippen LogP contribution < -0.4 is 10.1 Å². The van der Waals surface area contributed by atoms with Gasteiger partial charge in [-0.25, -0.2) is 12.7 Å². The van der Waals surface area contributed by atoms with Gasteiger partial charge < -0.3 is 10.1 Å². The number of nitrogens with one attached hydrogen (secondary N) is 1.